The highest BCUT2D eigenvalue weighted by molar-refractivity contribution is 6.30. The fraction of sp³-hybridized carbons (Fsp3) is 0.500. The molecule has 0 radical (unpaired) electrons. The van der Waals surface area contributed by atoms with Gasteiger partial charge in [0.2, 0.25) is 0 Å². The first kappa shape index (κ1) is 20.3. The quantitative estimate of drug-likeness (QED) is 0.496. The van der Waals surface area contributed by atoms with Crippen molar-refractivity contribution in [3.8, 4) is 11.8 Å². The van der Waals surface area contributed by atoms with Gasteiger partial charge in [-0.15, -0.1) is 0 Å². The topological polar surface area (TPSA) is 33.0 Å². The maximum Gasteiger partial charge on any atom is 0.138 e. The molecule has 2 aliphatic carbocycles. The summed E-state index contributed by atoms with van der Waals surface area (Å²) in [5.41, 5.74) is 3.20. The van der Waals surface area contributed by atoms with E-state index >= 15 is 0 Å². The summed E-state index contributed by atoms with van der Waals surface area (Å²) in [6.07, 6.45) is 10.5. The van der Waals surface area contributed by atoms with Gasteiger partial charge in [-0.3, -0.25) is 0 Å². The number of fused-ring (bicyclic) bond motifs is 1. The van der Waals surface area contributed by atoms with Crippen molar-refractivity contribution in [2.24, 2.45) is 17.8 Å². The van der Waals surface area contributed by atoms with Crippen molar-refractivity contribution in [1.82, 2.24) is 0 Å². The Morgan fingerprint density at radius 3 is 2.59 bits per heavy atom. The van der Waals surface area contributed by atoms with E-state index < -0.39 is 0 Å². The van der Waals surface area contributed by atoms with Crippen molar-refractivity contribution in [2.75, 3.05) is 0 Å². The van der Waals surface area contributed by atoms with Gasteiger partial charge in [0, 0.05) is 10.9 Å². The molecule has 29 heavy (non-hydrogen) atoms. The van der Waals surface area contributed by atoms with Crippen LogP contribution in [0.5, 0.6) is 5.75 Å². The van der Waals surface area contributed by atoms with Gasteiger partial charge in [-0.25, -0.2) is 0 Å². The van der Waals surface area contributed by atoms with Crippen molar-refractivity contribution < 1.29 is 4.74 Å². The number of halogens is 1. The van der Waals surface area contributed by atoms with Gasteiger partial charge in [-0.2, -0.15) is 5.26 Å². The van der Waals surface area contributed by atoms with Gasteiger partial charge in [0.25, 0.3) is 0 Å². The molecule has 3 heteroatoms. The first-order valence-corrected chi connectivity index (χ1v) is 11.5. The van der Waals surface area contributed by atoms with Crippen LogP contribution in [-0.2, 0) is 6.42 Å². The van der Waals surface area contributed by atoms with Crippen molar-refractivity contribution in [3.05, 3.63) is 64.2 Å². The van der Waals surface area contributed by atoms with Crippen LogP contribution in [0.25, 0.3) is 0 Å². The van der Waals surface area contributed by atoms with Gasteiger partial charge in [0.15, 0.2) is 0 Å². The number of hydrogen-bond donors (Lipinski definition) is 0. The van der Waals surface area contributed by atoms with Crippen LogP contribution in [0, 0.1) is 29.1 Å². The molecule has 0 amide bonds. The lowest BCUT2D eigenvalue weighted by Crippen LogP contribution is -2.22. The standard InChI is InChI=1S/C26H30ClNO/c1-2-5-18-8-10-19(11-9-18)14-21-15-20-6-3-4-7-24(20)26(21)29-25-13-12-23(27)16-22(25)17-28/h3-4,6-7,12-13,16,18-19,21,26H,2,5,8-11,14-15H2,1H3. The largest absolute Gasteiger partial charge is 0.484 e. The van der Waals surface area contributed by atoms with Crippen LogP contribution in [0.15, 0.2) is 42.5 Å². The highest BCUT2D eigenvalue weighted by Gasteiger charge is 2.36. The molecule has 0 spiro atoms. The summed E-state index contributed by atoms with van der Waals surface area (Å²) in [6, 6.07) is 16.2. The van der Waals surface area contributed by atoms with E-state index in [1.54, 1.807) is 6.07 Å². The third kappa shape index (κ3) is 4.62. The van der Waals surface area contributed by atoms with E-state index in [4.69, 9.17) is 16.3 Å². The Hall–Kier alpha value is -1.98. The molecule has 2 atom stereocenters. The molecule has 0 aliphatic heterocycles. The summed E-state index contributed by atoms with van der Waals surface area (Å²) in [6.45, 7) is 2.30. The Kier molecular flexibility index (Phi) is 6.46. The predicted molar refractivity (Wildman–Crippen MR) is 118 cm³/mol. The molecular formula is C26H30ClNO. The minimum atomic E-state index is 0.0211. The number of hydrogen-bond acceptors (Lipinski definition) is 2. The summed E-state index contributed by atoms with van der Waals surface area (Å²) in [4.78, 5) is 0. The lowest BCUT2D eigenvalue weighted by atomic mass is 9.76. The Labute approximate surface area is 179 Å². The molecule has 0 N–H and O–H groups in total. The van der Waals surface area contributed by atoms with E-state index in [-0.39, 0.29) is 6.10 Å². The second-order valence-electron chi connectivity index (χ2n) is 8.86. The molecule has 2 aromatic carbocycles. The number of nitriles is 1. The molecule has 2 aromatic rings. The maximum atomic E-state index is 9.52. The summed E-state index contributed by atoms with van der Waals surface area (Å²) in [5.74, 6) is 2.86. The van der Waals surface area contributed by atoms with Crippen LogP contribution in [0.4, 0.5) is 0 Å². The van der Waals surface area contributed by atoms with Gasteiger partial charge in [0.1, 0.15) is 17.9 Å². The third-order valence-electron chi connectivity index (χ3n) is 6.89. The van der Waals surface area contributed by atoms with E-state index in [9.17, 15) is 5.26 Å². The highest BCUT2D eigenvalue weighted by Crippen LogP contribution is 2.45. The number of ether oxygens (including phenoxy) is 1. The molecule has 4 rings (SSSR count). The van der Waals surface area contributed by atoms with Crippen LogP contribution in [0.3, 0.4) is 0 Å². The van der Waals surface area contributed by atoms with Crippen LogP contribution >= 0.6 is 11.6 Å². The zero-order valence-electron chi connectivity index (χ0n) is 17.2. The Morgan fingerprint density at radius 1 is 1.07 bits per heavy atom. The summed E-state index contributed by atoms with van der Waals surface area (Å²) in [5, 5.41) is 10.1. The number of benzene rings is 2. The molecule has 0 bridgehead atoms. The van der Waals surface area contributed by atoms with Crippen molar-refractivity contribution in [2.45, 2.75) is 64.4 Å². The minimum Gasteiger partial charge on any atom is -0.484 e. The normalized spacial score (nSPS) is 26.0. The van der Waals surface area contributed by atoms with Gasteiger partial charge in [-0.1, -0.05) is 81.3 Å². The van der Waals surface area contributed by atoms with E-state index in [0.717, 1.165) is 18.3 Å². The zero-order valence-corrected chi connectivity index (χ0v) is 18.0. The van der Waals surface area contributed by atoms with E-state index in [1.807, 2.05) is 12.1 Å². The molecule has 0 saturated heterocycles. The lowest BCUT2D eigenvalue weighted by Gasteiger charge is -2.32. The van der Waals surface area contributed by atoms with Crippen molar-refractivity contribution >= 4 is 11.6 Å². The average molecular weight is 408 g/mol. The first-order chi connectivity index (χ1) is 14.2. The van der Waals surface area contributed by atoms with Gasteiger partial charge in [0.05, 0.1) is 5.56 Å². The Morgan fingerprint density at radius 2 is 1.83 bits per heavy atom. The van der Waals surface area contributed by atoms with Crippen molar-refractivity contribution in [3.63, 3.8) is 0 Å². The minimum absolute atomic E-state index is 0.0211. The van der Waals surface area contributed by atoms with Gasteiger partial charge in [-0.05, 0) is 54.0 Å². The maximum absolute atomic E-state index is 9.52. The molecule has 2 aliphatic rings. The van der Waals surface area contributed by atoms with E-state index in [1.165, 1.54) is 56.1 Å². The second-order valence-corrected chi connectivity index (χ2v) is 9.30. The fourth-order valence-electron chi connectivity index (χ4n) is 5.43. The van der Waals surface area contributed by atoms with Crippen LogP contribution in [0.2, 0.25) is 5.02 Å². The van der Waals surface area contributed by atoms with E-state index in [0.29, 0.717) is 22.3 Å². The molecule has 2 unspecified atom stereocenters. The van der Waals surface area contributed by atoms with Crippen LogP contribution in [0.1, 0.15) is 74.7 Å². The van der Waals surface area contributed by atoms with Gasteiger partial charge >= 0.3 is 0 Å². The molecule has 1 saturated carbocycles. The summed E-state index contributed by atoms with van der Waals surface area (Å²) < 4.78 is 6.51. The fourth-order valence-corrected chi connectivity index (χ4v) is 5.60. The molecule has 1 fully saturated rings. The summed E-state index contributed by atoms with van der Waals surface area (Å²) in [7, 11) is 0. The summed E-state index contributed by atoms with van der Waals surface area (Å²) >= 11 is 6.08. The van der Waals surface area contributed by atoms with Crippen LogP contribution in [-0.4, -0.2) is 0 Å². The van der Waals surface area contributed by atoms with Crippen molar-refractivity contribution in [1.29, 1.82) is 5.26 Å². The SMILES string of the molecule is CCCC1CCC(CC2Cc3ccccc3C2Oc2ccc(Cl)cc2C#N)CC1. The smallest absolute Gasteiger partial charge is 0.138 e. The second kappa shape index (κ2) is 9.23. The molecule has 152 valence electrons. The monoisotopic (exact) mass is 407 g/mol. The molecule has 0 aromatic heterocycles. The number of nitrogens with zero attached hydrogens (tertiary/aromatic N) is 1. The number of rotatable bonds is 6. The third-order valence-corrected chi connectivity index (χ3v) is 7.12. The Balaban J connectivity index is 1.51. The predicted octanol–water partition coefficient (Wildman–Crippen LogP) is 7.50. The van der Waals surface area contributed by atoms with E-state index in [2.05, 4.69) is 37.3 Å². The molecule has 0 heterocycles. The highest BCUT2D eigenvalue weighted by atomic mass is 35.5. The van der Waals surface area contributed by atoms with Gasteiger partial charge < -0.3 is 4.74 Å². The Bertz CT molecular complexity index is 879. The average Bonchev–Trinajstić information content (AvgIpc) is 3.08. The van der Waals surface area contributed by atoms with Crippen LogP contribution < -0.4 is 4.74 Å². The molecular weight excluding hydrogens is 378 g/mol. The lowest BCUT2D eigenvalue weighted by molar-refractivity contribution is 0.118. The first-order valence-electron chi connectivity index (χ1n) is 11.1. The molecule has 2 nitrogen and oxygen atoms in total. The zero-order chi connectivity index (χ0) is 20.2.